The normalized spacial score (nSPS) is 14.4. The Labute approximate surface area is 263 Å². The topological polar surface area (TPSA) is 69.7 Å². The van der Waals surface area contributed by atoms with Crippen molar-refractivity contribution in [1.29, 1.82) is 0 Å². The summed E-state index contributed by atoms with van der Waals surface area (Å²) in [6.07, 6.45) is 9.52. The van der Waals surface area contributed by atoms with Crippen LogP contribution in [0.25, 0.3) is 0 Å². The molecular formula is C35H48ClN5O2. The lowest BCUT2D eigenvalue weighted by molar-refractivity contribution is 0.220. The number of ether oxygens (including phenoxy) is 1. The molecule has 1 fully saturated rings. The Morgan fingerprint density at radius 1 is 0.953 bits per heavy atom. The van der Waals surface area contributed by atoms with E-state index in [2.05, 4.69) is 68.9 Å². The number of rotatable bonds is 17. The summed E-state index contributed by atoms with van der Waals surface area (Å²) in [5.74, 6) is 1.13. The van der Waals surface area contributed by atoms with Crippen LogP contribution in [0.5, 0.6) is 5.75 Å². The summed E-state index contributed by atoms with van der Waals surface area (Å²) < 4.78 is 5.94. The Morgan fingerprint density at radius 2 is 1.74 bits per heavy atom. The van der Waals surface area contributed by atoms with Gasteiger partial charge in [0.1, 0.15) is 5.75 Å². The molecule has 0 spiro atoms. The third-order valence-corrected chi connectivity index (χ3v) is 8.25. The molecule has 232 valence electrons. The molecule has 1 saturated heterocycles. The molecule has 1 aliphatic rings. The number of carbonyl (C=O) groups excluding carboxylic acids is 1. The van der Waals surface area contributed by atoms with Crippen LogP contribution < -0.4 is 15.4 Å². The summed E-state index contributed by atoms with van der Waals surface area (Å²) in [5.41, 5.74) is 3.61. The second-order valence-electron chi connectivity index (χ2n) is 11.5. The number of unbranched alkanes of at least 4 members (excludes halogenated alkanes) is 1. The van der Waals surface area contributed by atoms with Crippen LogP contribution in [-0.4, -0.2) is 73.7 Å². The van der Waals surface area contributed by atoms with E-state index in [0.29, 0.717) is 19.7 Å². The van der Waals surface area contributed by atoms with E-state index < -0.39 is 0 Å². The number of urea groups is 1. The highest BCUT2D eigenvalue weighted by Gasteiger charge is 2.16. The Bertz CT molecular complexity index is 1200. The Balaban J connectivity index is 1.04. The molecule has 4 rings (SSSR count). The molecule has 1 atom stereocenters. The van der Waals surface area contributed by atoms with Crippen LogP contribution in [-0.2, 0) is 6.54 Å². The number of amides is 2. The highest BCUT2D eigenvalue weighted by Crippen LogP contribution is 2.28. The van der Waals surface area contributed by atoms with Crippen molar-refractivity contribution in [1.82, 2.24) is 25.4 Å². The van der Waals surface area contributed by atoms with Crippen molar-refractivity contribution in [2.75, 3.05) is 52.9 Å². The fourth-order valence-corrected chi connectivity index (χ4v) is 5.69. The summed E-state index contributed by atoms with van der Waals surface area (Å²) in [6.45, 7) is 7.15. The van der Waals surface area contributed by atoms with Gasteiger partial charge in [0.05, 0.1) is 6.61 Å². The molecule has 0 radical (unpaired) electrons. The van der Waals surface area contributed by atoms with Gasteiger partial charge in [-0.15, -0.1) is 0 Å². The molecule has 1 aliphatic heterocycles. The molecule has 8 heteroatoms. The Kier molecular flexibility index (Phi) is 14.1. The molecular weight excluding hydrogens is 558 g/mol. The number of aromatic nitrogens is 1. The van der Waals surface area contributed by atoms with Crippen LogP contribution in [0, 0.1) is 0 Å². The highest BCUT2D eigenvalue weighted by molar-refractivity contribution is 6.30. The molecule has 3 aromatic rings. The van der Waals surface area contributed by atoms with Gasteiger partial charge in [0.15, 0.2) is 0 Å². The summed E-state index contributed by atoms with van der Waals surface area (Å²) in [6, 6.07) is 22.5. The zero-order valence-electron chi connectivity index (χ0n) is 25.6. The number of pyridine rings is 1. The van der Waals surface area contributed by atoms with Gasteiger partial charge in [-0.1, -0.05) is 48.4 Å². The van der Waals surface area contributed by atoms with Gasteiger partial charge in [0, 0.05) is 42.5 Å². The van der Waals surface area contributed by atoms with Crippen LogP contribution in [0.2, 0.25) is 5.02 Å². The predicted molar refractivity (Wildman–Crippen MR) is 176 cm³/mol. The van der Waals surface area contributed by atoms with E-state index in [1.165, 1.54) is 43.5 Å². The number of nitrogens with zero attached hydrogens (tertiary/aromatic N) is 3. The minimum atomic E-state index is -0.113. The molecule has 0 aliphatic carbocycles. The summed E-state index contributed by atoms with van der Waals surface area (Å²) >= 11 is 6.12. The van der Waals surface area contributed by atoms with Gasteiger partial charge in [-0.25, -0.2) is 4.79 Å². The highest BCUT2D eigenvalue weighted by atomic mass is 35.5. The zero-order chi connectivity index (χ0) is 30.1. The molecule has 2 N–H and O–H groups in total. The fraction of sp³-hybridized carbons (Fsp3) is 0.486. The third kappa shape index (κ3) is 12.2. The van der Waals surface area contributed by atoms with Crippen molar-refractivity contribution < 1.29 is 9.53 Å². The van der Waals surface area contributed by atoms with Crippen molar-refractivity contribution >= 4 is 17.6 Å². The molecule has 2 heterocycles. The van der Waals surface area contributed by atoms with Gasteiger partial charge in [0.2, 0.25) is 0 Å². The second-order valence-corrected chi connectivity index (χ2v) is 12.0. The fourth-order valence-electron chi connectivity index (χ4n) is 5.57. The Hall–Kier alpha value is -3.13. The quantitative estimate of drug-likeness (QED) is 0.167. The first-order valence-electron chi connectivity index (χ1n) is 15.9. The van der Waals surface area contributed by atoms with Crippen molar-refractivity contribution in [2.24, 2.45) is 0 Å². The molecule has 0 bridgehead atoms. The van der Waals surface area contributed by atoms with Crippen molar-refractivity contribution in [2.45, 2.75) is 57.4 Å². The summed E-state index contributed by atoms with van der Waals surface area (Å²) in [7, 11) is 2.16. The molecule has 1 unspecified atom stereocenters. The van der Waals surface area contributed by atoms with Gasteiger partial charge in [0.25, 0.3) is 0 Å². The second kappa shape index (κ2) is 18.5. The number of piperidine rings is 1. The van der Waals surface area contributed by atoms with Crippen LogP contribution >= 0.6 is 11.6 Å². The average Bonchev–Trinajstić information content (AvgIpc) is 3.03. The van der Waals surface area contributed by atoms with E-state index in [1.807, 2.05) is 36.5 Å². The summed E-state index contributed by atoms with van der Waals surface area (Å²) in [4.78, 5) is 21.7. The van der Waals surface area contributed by atoms with Gasteiger partial charge >= 0.3 is 6.03 Å². The maximum atomic E-state index is 12.2. The standard InChI is InChI=1S/C35H48ClN5O2/c1-40(25-18-33(34-13-3-4-19-37-34)30-14-16-31(36)17-15-30)22-8-5-20-38-35(42)39-21-10-26-43-32-12-9-11-29(27-32)28-41-23-6-2-7-24-41/h3-4,9,11-17,19,27,33H,2,5-8,10,18,20-26,28H2,1H3,(H2,38,39,42). The average molecular weight is 606 g/mol. The zero-order valence-corrected chi connectivity index (χ0v) is 26.4. The van der Waals surface area contributed by atoms with Crippen LogP contribution in [0.3, 0.4) is 0 Å². The smallest absolute Gasteiger partial charge is 0.314 e. The van der Waals surface area contributed by atoms with Crippen LogP contribution in [0.1, 0.15) is 67.7 Å². The van der Waals surface area contributed by atoms with Gasteiger partial charge < -0.3 is 20.3 Å². The number of halogens is 1. The van der Waals surface area contributed by atoms with E-state index >= 15 is 0 Å². The number of carbonyl (C=O) groups is 1. The monoisotopic (exact) mass is 605 g/mol. The lowest BCUT2D eigenvalue weighted by Gasteiger charge is -2.26. The summed E-state index contributed by atoms with van der Waals surface area (Å²) in [5, 5.41) is 6.66. The number of hydrogen-bond donors (Lipinski definition) is 2. The van der Waals surface area contributed by atoms with Crippen LogP contribution in [0.15, 0.2) is 72.9 Å². The molecule has 2 amide bonds. The number of benzene rings is 2. The number of nitrogens with one attached hydrogen (secondary N) is 2. The van der Waals surface area contributed by atoms with Gasteiger partial charge in [-0.2, -0.15) is 0 Å². The third-order valence-electron chi connectivity index (χ3n) is 8.00. The first kappa shape index (κ1) is 32.8. The van der Waals surface area contributed by atoms with E-state index in [0.717, 1.165) is 61.8 Å². The van der Waals surface area contributed by atoms with E-state index in [9.17, 15) is 4.79 Å². The van der Waals surface area contributed by atoms with Crippen molar-refractivity contribution in [3.05, 3.63) is 94.8 Å². The maximum Gasteiger partial charge on any atom is 0.314 e. The maximum absolute atomic E-state index is 12.2. The van der Waals surface area contributed by atoms with Crippen LogP contribution in [0.4, 0.5) is 4.79 Å². The SMILES string of the molecule is CN(CCCCNC(=O)NCCCOc1cccc(CN2CCCCC2)c1)CCC(c1ccc(Cl)cc1)c1ccccn1. The minimum Gasteiger partial charge on any atom is -0.494 e. The minimum absolute atomic E-state index is 0.113. The molecule has 0 saturated carbocycles. The van der Waals surface area contributed by atoms with E-state index in [4.69, 9.17) is 16.3 Å². The number of likely N-dealkylation sites (tertiary alicyclic amines) is 1. The lowest BCUT2D eigenvalue weighted by Crippen LogP contribution is -2.37. The first-order chi connectivity index (χ1) is 21.1. The molecule has 1 aromatic heterocycles. The predicted octanol–water partition coefficient (Wildman–Crippen LogP) is 6.72. The van der Waals surface area contributed by atoms with E-state index in [-0.39, 0.29) is 11.9 Å². The molecule has 7 nitrogen and oxygen atoms in total. The van der Waals surface area contributed by atoms with E-state index in [1.54, 1.807) is 0 Å². The molecule has 43 heavy (non-hydrogen) atoms. The Morgan fingerprint density at radius 3 is 2.51 bits per heavy atom. The largest absolute Gasteiger partial charge is 0.494 e. The van der Waals surface area contributed by atoms with Crippen molar-refractivity contribution in [3.8, 4) is 5.75 Å². The number of hydrogen-bond acceptors (Lipinski definition) is 5. The van der Waals surface area contributed by atoms with Gasteiger partial charge in [-0.3, -0.25) is 9.88 Å². The lowest BCUT2D eigenvalue weighted by atomic mass is 9.92. The molecule has 2 aromatic carbocycles. The van der Waals surface area contributed by atoms with Crippen molar-refractivity contribution in [3.63, 3.8) is 0 Å². The first-order valence-corrected chi connectivity index (χ1v) is 16.3. The van der Waals surface area contributed by atoms with Gasteiger partial charge in [-0.05, 0) is 119 Å².